The quantitative estimate of drug-likeness (QED) is 0.675. The van der Waals surface area contributed by atoms with E-state index in [4.69, 9.17) is 0 Å². The lowest BCUT2D eigenvalue weighted by atomic mass is 10.0. The average Bonchev–Trinajstić information content (AvgIpc) is 3.10. The van der Waals surface area contributed by atoms with E-state index in [1.807, 2.05) is 24.4 Å². The molecule has 2 heterocycles. The van der Waals surface area contributed by atoms with Gasteiger partial charge in [0.1, 0.15) is 6.04 Å². The van der Waals surface area contributed by atoms with E-state index in [0.29, 0.717) is 19.6 Å². The minimum Gasteiger partial charge on any atom is -0.480 e. The van der Waals surface area contributed by atoms with Crippen molar-refractivity contribution in [3.05, 3.63) is 72.3 Å². The molecular weight excluding hydrogens is 328 g/mol. The number of hydrogen-bond donors (Lipinski definition) is 3. The fourth-order valence-electron chi connectivity index (χ4n) is 3.35. The second kappa shape index (κ2) is 7.01. The molecule has 26 heavy (non-hydrogen) atoms. The maximum Gasteiger partial charge on any atom is 0.322 e. The number of benzene rings is 2. The Morgan fingerprint density at radius 3 is 2.77 bits per heavy atom. The third-order valence-corrected chi connectivity index (χ3v) is 4.67. The molecule has 0 radical (unpaired) electrons. The second-order valence-corrected chi connectivity index (χ2v) is 6.42. The molecule has 0 fully saturated rings. The molecule has 1 unspecified atom stereocenters. The number of carboxylic acid groups (broad SMARTS) is 1. The van der Waals surface area contributed by atoms with Gasteiger partial charge in [0, 0.05) is 25.0 Å². The molecule has 1 aliphatic heterocycles. The van der Waals surface area contributed by atoms with Gasteiger partial charge in [-0.15, -0.1) is 0 Å². The SMILES string of the molecule is O=C(O)C1CN(Cc2c[nH]cn2)c2ccc(-c3ccccc3)cc2CN1. The summed E-state index contributed by atoms with van der Waals surface area (Å²) in [6.07, 6.45) is 3.48. The smallest absolute Gasteiger partial charge is 0.322 e. The summed E-state index contributed by atoms with van der Waals surface area (Å²) in [4.78, 5) is 20.9. The molecule has 0 saturated heterocycles. The molecule has 4 rings (SSSR count). The first-order valence-electron chi connectivity index (χ1n) is 8.58. The van der Waals surface area contributed by atoms with Gasteiger partial charge in [-0.05, 0) is 28.8 Å². The summed E-state index contributed by atoms with van der Waals surface area (Å²) < 4.78 is 0. The fraction of sp³-hybridized carbons (Fsp3) is 0.200. The number of carbonyl (C=O) groups is 1. The highest BCUT2D eigenvalue weighted by Crippen LogP contribution is 2.30. The van der Waals surface area contributed by atoms with Crippen LogP contribution in [0, 0.1) is 0 Å². The molecule has 6 nitrogen and oxygen atoms in total. The number of nitrogens with one attached hydrogen (secondary N) is 2. The molecule has 2 aromatic carbocycles. The molecule has 0 aliphatic carbocycles. The van der Waals surface area contributed by atoms with Crippen LogP contribution in [0.5, 0.6) is 0 Å². The van der Waals surface area contributed by atoms with Crippen LogP contribution >= 0.6 is 0 Å². The number of carboxylic acids is 1. The number of aromatic nitrogens is 2. The van der Waals surface area contributed by atoms with Gasteiger partial charge in [-0.2, -0.15) is 0 Å². The number of aromatic amines is 1. The number of H-pyrrole nitrogens is 1. The zero-order valence-corrected chi connectivity index (χ0v) is 14.2. The largest absolute Gasteiger partial charge is 0.480 e. The van der Waals surface area contributed by atoms with E-state index < -0.39 is 12.0 Å². The van der Waals surface area contributed by atoms with Crippen molar-refractivity contribution < 1.29 is 9.90 Å². The van der Waals surface area contributed by atoms with Crippen LogP contribution < -0.4 is 10.2 Å². The molecule has 6 heteroatoms. The molecule has 1 aliphatic rings. The van der Waals surface area contributed by atoms with Crippen molar-refractivity contribution in [3.63, 3.8) is 0 Å². The Morgan fingerprint density at radius 1 is 1.19 bits per heavy atom. The van der Waals surface area contributed by atoms with Gasteiger partial charge in [-0.25, -0.2) is 4.98 Å². The van der Waals surface area contributed by atoms with Crippen LogP contribution in [0.2, 0.25) is 0 Å². The van der Waals surface area contributed by atoms with Gasteiger partial charge >= 0.3 is 5.97 Å². The van der Waals surface area contributed by atoms with Crippen LogP contribution in [-0.2, 0) is 17.9 Å². The first-order chi connectivity index (χ1) is 12.7. The third kappa shape index (κ3) is 3.32. The maximum absolute atomic E-state index is 11.6. The zero-order chi connectivity index (χ0) is 17.9. The number of fused-ring (bicyclic) bond motifs is 1. The van der Waals surface area contributed by atoms with Crippen molar-refractivity contribution in [2.24, 2.45) is 0 Å². The molecule has 0 saturated carbocycles. The first kappa shape index (κ1) is 16.4. The Kier molecular flexibility index (Phi) is 4.41. The van der Waals surface area contributed by atoms with Crippen molar-refractivity contribution in [1.82, 2.24) is 15.3 Å². The molecule has 3 N–H and O–H groups in total. The summed E-state index contributed by atoms with van der Waals surface area (Å²) in [7, 11) is 0. The predicted molar refractivity (Wildman–Crippen MR) is 99.8 cm³/mol. The van der Waals surface area contributed by atoms with Gasteiger partial charge in [-0.1, -0.05) is 36.4 Å². The average molecular weight is 348 g/mol. The number of hydrogen-bond acceptors (Lipinski definition) is 4. The summed E-state index contributed by atoms with van der Waals surface area (Å²) >= 11 is 0. The standard InChI is InChI=1S/C20H20N4O2/c25-20(26)18-12-24(11-17-10-21-13-23-17)19-7-6-15(8-16(19)9-22-18)14-4-2-1-3-5-14/h1-8,10,13,18,22H,9,11-12H2,(H,21,23)(H,25,26). The third-order valence-electron chi connectivity index (χ3n) is 4.67. The van der Waals surface area contributed by atoms with Crippen molar-refractivity contribution in [2.75, 3.05) is 11.4 Å². The van der Waals surface area contributed by atoms with Crippen LogP contribution in [0.1, 0.15) is 11.3 Å². The molecule has 132 valence electrons. The summed E-state index contributed by atoms with van der Waals surface area (Å²) in [5, 5.41) is 12.7. The second-order valence-electron chi connectivity index (χ2n) is 6.42. The Morgan fingerprint density at radius 2 is 2.04 bits per heavy atom. The number of rotatable bonds is 4. The van der Waals surface area contributed by atoms with Gasteiger partial charge in [0.15, 0.2) is 0 Å². The topological polar surface area (TPSA) is 81.2 Å². The van der Waals surface area contributed by atoms with E-state index >= 15 is 0 Å². The fourth-order valence-corrected chi connectivity index (χ4v) is 3.35. The summed E-state index contributed by atoms with van der Waals surface area (Å²) in [5.74, 6) is -0.840. The summed E-state index contributed by atoms with van der Waals surface area (Å²) in [6, 6.07) is 15.9. The highest BCUT2D eigenvalue weighted by Gasteiger charge is 2.26. The monoisotopic (exact) mass is 348 g/mol. The van der Waals surface area contributed by atoms with Crippen LogP contribution in [0.15, 0.2) is 61.1 Å². The van der Waals surface area contributed by atoms with E-state index in [2.05, 4.69) is 50.5 Å². The molecule has 0 amide bonds. The van der Waals surface area contributed by atoms with Crippen molar-refractivity contribution >= 4 is 11.7 Å². The van der Waals surface area contributed by atoms with Crippen molar-refractivity contribution in [2.45, 2.75) is 19.1 Å². The minimum atomic E-state index is -0.840. The molecule has 1 atom stereocenters. The molecule has 0 spiro atoms. The van der Waals surface area contributed by atoms with Gasteiger partial charge in [0.05, 0.1) is 18.6 Å². The molecule has 3 aromatic rings. The van der Waals surface area contributed by atoms with E-state index in [9.17, 15) is 9.90 Å². The Balaban J connectivity index is 1.71. The van der Waals surface area contributed by atoms with Crippen LogP contribution in [0.3, 0.4) is 0 Å². The van der Waals surface area contributed by atoms with Gasteiger partial charge in [0.25, 0.3) is 0 Å². The Bertz CT molecular complexity index is 893. The lowest BCUT2D eigenvalue weighted by Crippen LogP contribution is -2.43. The van der Waals surface area contributed by atoms with Crippen molar-refractivity contribution in [3.8, 4) is 11.1 Å². The minimum absolute atomic E-state index is 0.389. The highest BCUT2D eigenvalue weighted by atomic mass is 16.4. The number of aliphatic carboxylic acids is 1. The lowest BCUT2D eigenvalue weighted by molar-refractivity contribution is -0.139. The number of anilines is 1. The van der Waals surface area contributed by atoms with E-state index in [1.165, 1.54) is 0 Å². The van der Waals surface area contributed by atoms with E-state index in [1.54, 1.807) is 6.33 Å². The maximum atomic E-state index is 11.6. The van der Waals surface area contributed by atoms with Crippen molar-refractivity contribution in [1.29, 1.82) is 0 Å². The van der Waals surface area contributed by atoms with E-state index in [-0.39, 0.29) is 0 Å². The summed E-state index contributed by atoms with van der Waals surface area (Å²) in [5.41, 5.74) is 5.29. The van der Waals surface area contributed by atoms with Crippen LogP contribution in [0.25, 0.3) is 11.1 Å². The molecule has 1 aromatic heterocycles. The molecular formula is C20H20N4O2. The number of nitrogens with zero attached hydrogens (tertiary/aromatic N) is 2. The normalized spacial score (nSPS) is 16.8. The van der Waals surface area contributed by atoms with Crippen LogP contribution in [0.4, 0.5) is 5.69 Å². The van der Waals surface area contributed by atoms with Gasteiger partial charge in [0.2, 0.25) is 0 Å². The van der Waals surface area contributed by atoms with E-state index in [0.717, 1.165) is 28.1 Å². The summed E-state index contributed by atoms with van der Waals surface area (Å²) in [6.45, 7) is 1.47. The first-order valence-corrected chi connectivity index (χ1v) is 8.58. The lowest BCUT2D eigenvalue weighted by Gasteiger charge is -2.26. The van der Waals surface area contributed by atoms with Gasteiger partial charge < -0.3 is 15.0 Å². The van der Waals surface area contributed by atoms with Gasteiger partial charge in [-0.3, -0.25) is 10.1 Å². The highest BCUT2D eigenvalue weighted by molar-refractivity contribution is 5.76. The zero-order valence-electron chi connectivity index (χ0n) is 14.2. The molecule has 0 bridgehead atoms. The number of imidazole rings is 1. The Labute approximate surface area is 151 Å². The predicted octanol–water partition coefficient (Wildman–Crippen LogP) is 2.64. The van der Waals surface area contributed by atoms with Crippen LogP contribution in [-0.4, -0.2) is 33.6 Å². The Hall–Kier alpha value is -3.12.